The van der Waals surface area contributed by atoms with Crippen molar-refractivity contribution in [2.75, 3.05) is 26.2 Å². The highest BCUT2D eigenvalue weighted by molar-refractivity contribution is 5.77. The maximum absolute atomic E-state index is 11.7. The molecule has 3 heteroatoms. The van der Waals surface area contributed by atoms with Gasteiger partial charge in [0.25, 0.3) is 0 Å². The van der Waals surface area contributed by atoms with Gasteiger partial charge in [-0.15, -0.1) is 0 Å². The first-order chi connectivity index (χ1) is 7.95. The third-order valence-corrected chi connectivity index (χ3v) is 2.47. The molecule has 3 nitrogen and oxygen atoms in total. The predicted molar refractivity (Wildman–Crippen MR) is 74.0 cm³/mol. The molecule has 0 aliphatic rings. The molecule has 1 N–H and O–H groups in total. The Morgan fingerprint density at radius 3 is 2.06 bits per heavy atom. The minimum Gasteiger partial charge on any atom is -0.355 e. The molecule has 0 fully saturated rings. The standard InChI is InChI=1S/C14H30N2O/c1-6-7-8-15-14(17)11-16(9-12(2)3)10-13(4)5/h12-13H,6-11H2,1-5H3,(H,15,17). The van der Waals surface area contributed by atoms with E-state index in [9.17, 15) is 4.79 Å². The van der Waals surface area contributed by atoms with Crippen LogP contribution in [0.5, 0.6) is 0 Å². The van der Waals surface area contributed by atoms with Crippen molar-refractivity contribution in [2.45, 2.75) is 47.5 Å². The van der Waals surface area contributed by atoms with Gasteiger partial charge in [-0.3, -0.25) is 9.69 Å². The number of rotatable bonds is 9. The summed E-state index contributed by atoms with van der Waals surface area (Å²) in [4.78, 5) is 14.0. The molecule has 0 rings (SSSR count). The Morgan fingerprint density at radius 1 is 1.12 bits per heavy atom. The number of hydrogen-bond acceptors (Lipinski definition) is 2. The summed E-state index contributed by atoms with van der Waals surface area (Å²) in [6.45, 7) is 14.3. The van der Waals surface area contributed by atoms with Gasteiger partial charge in [0, 0.05) is 19.6 Å². The van der Waals surface area contributed by atoms with Gasteiger partial charge in [-0.05, 0) is 18.3 Å². The van der Waals surface area contributed by atoms with Crippen LogP contribution in [0.4, 0.5) is 0 Å². The Kier molecular flexibility index (Phi) is 9.14. The Bertz CT molecular complexity index is 192. The average Bonchev–Trinajstić information content (AvgIpc) is 2.15. The summed E-state index contributed by atoms with van der Waals surface area (Å²) in [5, 5.41) is 2.98. The maximum atomic E-state index is 11.7. The van der Waals surface area contributed by atoms with Gasteiger partial charge in [0.05, 0.1) is 6.54 Å². The third kappa shape index (κ3) is 10.3. The van der Waals surface area contributed by atoms with Crippen molar-refractivity contribution >= 4 is 5.91 Å². The van der Waals surface area contributed by atoms with Crippen LogP contribution in [0.3, 0.4) is 0 Å². The molecule has 0 bridgehead atoms. The lowest BCUT2D eigenvalue weighted by Crippen LogP contribution is -2.40. The first-order valence-corrected chi connectivity index (χ1v) is 6.94. The van der Waals surface area contributed by atoms with Gasteiger partial charge in [-0.1, -0.05) is 41.0 Å². The second-order valence-electron chi connectivity index (χ2n) is 5.69. The quantitative estimate of drug-likeness (QED) is 0.630. The highest BCUT2D eigenvalue weighted by Gasteiger charge is 2.13. The zero-order chi connectivity index (χ0) is 13.3. The lowest BCUT2D eigenvalue weighted by Gasteiger charge is -2.25. The van der Waals surface area contributed by atoms with Crippen LogP contribution in [0.25, 0.3) is 0 Å². The van der Waals surface area contributed by atoms with Crippen LogP contribution >= 0.6 is 0 Å². The van der Waals surface area contributed by atoms with E-state index in [1.54, 1.807) is 0 Å². The van der Waals surface area contributed by atoms with E-state index >= 15 is 0 Å². The summed E-state index contributed by atoms with van der Waals surface area (Å²) < 4.78 is 0. The van der Waals surface area contributed by atoms with Gasteiger partial charge in [0.1, 0.15) is 0 Å². The van der Waals surface area contributed by atoms with Crippen LogP contribution in [-0.4, -0.2) is 37.0 Å². The number of carbonyl (C=O) groups is 1. The van der Waals surface area contributed by atoms with Gasteiger partial charge >= 0.3 is 0 Å². The minimum atomic E-state index is 0.166. The van der Waals surface area contributed by atoms with Gasteiger partial charge in [0.2, 0.25) is 5.91 Å². The Morgan fingerprint density at radius 2 is 1.65 bits per heavy atom. The highest BCUT2D eigenvalue weighted by Crippen LogP contribution is 2.03. The Balaban J connectivity index is 3.99. The summed E-state index contributed by atoms with van der Waals surface area (Å²) in [6.07, 6.45) is 2.20. The normalized spacial score (nSPS) is 11.5. The second kappa shape index (κ2) is 9.46. The summed E-state index contributed by atoms with van der Waals surface area (Å²) in [7, 11) is 0. The van der Waals surface area contributed by atoms with Crippen LogP contribution in [0.2, 0.25) is 0 Å². The molecule has 0 aromatic rings. The van der Waals surface area contributed by atoms with Crippen molar-refractivity contribution in [2.24, 2.45) is 11.8 Å². The fraction of sp³-hybridized carbons (Fsp3) is 0.929. The first kappa shape index (κ1) is 16.4. The van der Waals surface area contributed by atoms with Crippen LogP contribution in [0.15, 0.2) is 0 Å². The molecule has 0 heterocycles. The molecule has 0 aliphatic carbocycles. The van der Waals surface area contributed by atoms with E-state index in [1.165, 1.54) is 0 Å². The van der Waals surface area contributed by atoms with E-state index in [0.29, 0.717) is 18.4 Å². The summed E-state index contributed by atoms with van der Waals surface area (Å²) in [6, 6.07) is 0. The van der Waals surface area contributed by atoms with Gasteiger partial charge in [-0.2, -0.15) is 0 Å². The van der Waals surface area contributed by atoms with E-state index in [4.69, 9.17) is 0 Å². The van der Waals surface area contributed by atoms with Crippen molar-refractivity contribution in [3.05, 3.63) is 0 Å². The Hall–Kier alpha value is -0.570. The molecule has 0 saturated heterocycles. The third-order valence-electron chi connectivity index (χ3n) is 2.47. The van der Waals surface area contributed by atoms with Gasteiger partial charge in [0.15, 0.2) is 0 Å². The zero-order valence-electron chi connectivity index (χ0n) is 12.3. The lowest BCUT2D eigenvalue weighted by atomic mass is 10.1. The second-order valence-corrected chi connectivity index (χ2v) is 5.69. The summed E-state index contributed by atoms with van der Waals surface area (Å²) in [5.74, 6) is 1.38. The first-order valence-electron chi connectivity index (χ1n) is 6.94. The molecular formula is C14H30N2O. The molecule has 0 radical (unpaired) electrons. The van der Waals surface area contributed by atoms with E-state index in [-0.39, 0.29) is 5.91 Å². The fourth-order valence-electron chi connectivity index (χ4n) is 1.90. The van der Waals surface area contributed by atoms with Crippen LogP contribution in [-0.2, 0) is 4.79 Å². The zero-order valence-corrected chi connectivity index (χ0v) is 12.3. The SMILES string of the molecule is CCCCNC(=O)CN(CC(C)C)CC(C)C. The largest absolute Gasteiger partial charge is 0.355 e. The molecule has 0 aromatic carbocycles. The van der Waals surface area contributed by atoms with Crippen molar-refractivity contribution < 1.29 is 4.79 Å². The van der Waals surface area contributed by atoms with Gasteiger partial charge in [-0.25, -0.2) is 0 Å². The molecule has 102 valence electrons. The molecule has 0 unspecified atom stereocenters. The molecule has 1 amide bonds. The van der Waals surface area contributed by atoms with Crippen molar-refractivity contribution in [1.82, 2.24) is 10.2 Å². The number of nitrogens with zero attached hydrogens (tertiary/aromatic N) is 1. The van der Waals surface area contributed by atoms with E-state index in [1.807, 2.05) is 0 Å². The van der Waals surface area contributed by atoms with Crippen LogP contribution in [0.1, 0.15) is 47.5 Å². The number of unbranched alkanes of at least 4 members (excludes halogenated alkanes) is 1. The molecule has 0 aromatic heterocycles. The average molecular weight is 242 g/mol. The molecule has 0 aliphatic heterocycles. The fourth-order valence-corrected chi connectivity index (χ4v) is 1.90. The minimum absolute atomic E-state index is 0.166. The topological polar surface area (TPSA) is 32.3 Å². The van der Waals surface area contributed by atoms with Gasteiger partial charge < -0.3 is 5.32 Å². The number of carbonyl (C=O) groups excluding carboxylic acids is 1. The summed E-state index contributed by atoms with van der Waals surface area (Å²) in [5.41, 5.74) is 0. The smallest absolute Gasteiger partial charge is 0.234 e. The Labute approximate surface area is 107 Å². The molecule has 17 heavy (non-hydrogen) atoms. The molecule has 0 saturated carbocycles. The number of nitrogens with one attached hydrogen (secondary N) is 1. The molecule has 0 spiro atoms. The van der Waals surface area contributed by atoms with Crippen molar-refractivity contribution in [3.8, 4) is 0 Å². The van der Waals surface area contributed by atoms with E-state index in [0.717, 1.165) is 32.5 Å². The van der Waals surface area contributed by atoms with Crippen LogP contribution < -0.4 is 5.32 Å². The number of hydrogen-bond donors (Lipinski definition) is 1. The van der Waals surface area contributed by atoms with E-state index < -0.39 is 0 Å². The maximum Gasteiger partial charge on any atom is 0.234 e. The van der Waals surface area contributed by atoms with Crippen molar-refractivity contribution in [1.29, 1.82) is 0 Å². The lowest BCUT2D eigenvalue weighted by molar-refractivity contribution is -0.122. The monoisotopic (exact) mass is 242 g/mol. The van der Waals surface area contributed by atoms with Crippen molar-refractivity contribution in [3.63, 3.8) is 0 Å². The predicted octanol–water partition coefficient (Wildman–Crippen LogP) is 2.52. The van der Waals surface area contributed by atoms with E-state index in [2.05, 4.69) is 44.8 Å². The highest BCUT2D eigenvalue weighted by atomic mass is 16.2. The van der Waals surface area contributed by atoms with Crippen LogP contribution in [0, 0.1) is 11.8 Å². The molecule has 0 atom stereocenters. The summed E-state index contributed by atoms with van der Waals surface area (Å²) >= 11 is 0. The number of amides is 1. The molecular weight excluding hydrogens is 212 g/mol.